The summed E-state index contributed by atoms with van der Waals surface area (Å²) in [4.78, 5) is 15.9. The Morgan fingerprint density at radius 2 is 2.61 bits per heavy atom. The van der Waals surface area contributed by atoms with E-state index in [4.69, 9.17) is 4.84 Å². The molecule has 0 fully saturated rings. The first-order valence-electron chi connectivity index (χ1n) is 6.11. The summed E-state index contributed by atoms with van der Waals surface area (Å²) in [5, 5.41) is 18.8. The lowest BCUT2D eigenvalue weighted by atomic mass is 10.2. The van der Waals surface area contributed by atoms with E-state index in [0.29, 0.717) is 19.7 Å². The molecule has 2 aliphatic rings. The Balaban J connectivity index is 1.84. The third-order valence-corrected chi connectivity index (χ3v) is 3.10. The van der Waals surface area contributed by atoms with Crippen LogP contribution in [0, 0.1) is 10.1 Å². The molecule has 2 heterocycles. The van der Waals surface area contributed by atoms with E-state index < -0.39 is 0 Å². The highest BCUT2D eigenvalue weighted by molar-refractivity contribution is 5.09. The average molecular weight is 254 g/mol. The van der Waals surface area contributed by atoms with Crippen molar-refractivity contribution < 1.29 is 9.76 Å². The maximum Gasteiger partial charge on any atom is 0.274 e. The fraction of sp³-hybridized carbons (Fsp3) is 0.636. The largest absolute Gasteiger partial charge is 0.291 e. The first kappa shape index (κ1) is 13.0. The first-order chi connectivity index (χ1) is 8.72. The second-order valence-corrected chi connectivity index (χ2v) is 4.24. The Morgan fingerprint density at radius 3 is 3.22 bits per heavy atom. The Bertz CT molecular complexity index is 369. The van der Waals surface area contributed by atoms with Gasteiger partial charge < -0.3 is 0 Å². The molecule has 2 rings (SSSR count). The van der Waals surface area contributed by atoms with Crippen molar-refractivity contribution in [3.8, 4) is 0 Å². The summed E-state index contributed by atoms with van der Waals surface area (Å²) in [6.45, 7) is 3.82. The zero-order valence-corrected chi connectivity index (χ0v) is 10.3. The number of nitrogens with zero attached hydrogens (tertiary/aromatic N) is 2. The second-order valence-electron chi connectivity index (χ2n) is 4.24. The number of rotatable bonds is 6. The maximum absolute atomic E-state index is 10.8. The SMILES string of the molecule is CCC(CNC1NCC=C1[N+](=O)[O-])N1C=CCO1. The minimum atomic E-state index is -0.374. The monoisotopic (exact) mass is 254 g/mol. The second kappa shape index (κ2) is 5.94. The van der Waals surface area contributed by atoms with Gasteiger partial charge in [-0.2, -0.15) is 0 Å². The number of hydrogen-bond acceptors (Lipinski definition) is 6. The molecule has 7 nitrogen and oxygen atoms in total. The summed E-state index contributed by atoms with van der Waals surface area (Å²) < 4.78 is 0. The van der Waals surface area contributed by atoms with E-state index in [0.717, 1.165) is 6.42 Å². The summed E-state index contributed by atoms with van der Waals surface area (Å²) in [5.41, 5.74) is 0.197. The molecule has 7 heteroatoms. The predicted octanol–water partition coefficient (Wildman–Crippen LogP) is 0.205. The van der Waals surface area contributed by atoms with Gasteiger partial charge in [-0.3, -0.25) is 30.6 Å². The molecule has 0 aliphatic carbocycles. The summed E-state index contributed by atoms with van der Waals surface area (Å²) in [5.74, 6) is 0. The zero-order chi connectivity index (χ0) is 13.0. The van der Waals surface area contributed by atoms with Gasteiger partial charge in [-0.1, -0.05) is 6.92 Å². The number of hydroxylamine groups is 2. The van der Waals surface area contributed by atoms with Crippen molar-refractivity contribution in [1.29, 1.82) is 0 Å². The number of nitro groups is 1. The summed E-state index contributed by atoms with van der Waals surface area (Å²) in [7, 11) is 0. The van der Waals surface area contributed by atoms with Crippen molar-refractivity contribution in [3.05, 3.63) is 34.2 Å². The lowest BCUT2D eigenvalue weighted by molar-refractivity contribution is -0.430. The Labute approximate surface area is 106 Å². The third-order valence-electron chi connectivity index (χ3n) is 3.10. The van der Waals surface area contributed by atoms with Gasteiger partial charge in [0.15, 0.2) is 6.17 Å². The third kappa shape index (κ3) is 2.87. The Morgan fingerprint density at radius 1 is 1.78 bits per heavy atom. The molecule has 0 bridgehead atoms. The van der Waals surface area contributed by atoms with E-state index in [-0.39, 0.29) is 22.8 Å². The number of hydrogen-bond donors (Lipinski definition) is 2. The highest BCUT2D eigenvalue weighted by Gasteiger charge is 2.29. The normalized spacial score (nSPS) is 24.4. The Hall–Kier alpha value is -1.44. The van der Waals surface area contributed by atoms with E-state index in [1.165, 1.54) is 0 Å². The standard InChI is InChI=1S/C11H18N4O3/c1-2-9(14-6-3-7-18-14)8-13-11-10(15(16)17)4-5-12-11/h3-4,6,9,11-13H,2,5,7-8H2,1H3. The quantitative estimate of drug-likeness (QED) is 0.521. The molecule has 0 saturated heterocycles. The zero-order valence-electron chi connectivity index (χ0n) is 10.3. The Kier molecular flexibility index (Phi) is 4.29. The molecule has 0 aromatic carbocycles. The van der Waals surface area contributed by atoms with Gasteiger partial charge in [-0.05, 0) is 12.5 Å². The van der Waals surface area contributed by atoms with Gasteiger partial charge in [0.2, 0.25) is 0 Å². The predicted molar refractivity (Wildman–Crippen MR) is 65.9 cm³/mol. The lowest BCUT2D eigenvalue weighted by Gasteiger charge is -2.26. The van der Waals surface area contributed by atoms with Crippen LogP contribution in [0.2, 0.25) is 0 Å². The summed E-state index contributed by atoms with van der Waals surface area (Å²) >= 11 is 0. The maximum atomic E-state index is 10.8. The van der Waals surface area contributed by atoms with E-state index in [2.05, 4.69) is 17.6 Å². The van der Waals surface area contributed by atoms with Crippen molar-refractivity contribution in [2.24, 2.45) is 0 Å². The lowest BCUT2D eigenvalue weighted by Crippen LogP contribution is -2.47. The van der Waals surface area contributed by atoms with Crippen LogP contribution in [0.15, 0.2) is 24.0 Å². The van der Waals surface area contributed by atoms with E-state index in [9.17, 15) is 10.1 Å². The minimum absolute atomic E-state index is 0.180. The van der Waals surface area contributed by atoms with Crippen molar-refractivity contribution >= 4 is 0 Å². The van der Waals surface area contributed by atoms with Crippen LogP contribution in [-0.4, -0.2) is 41.9 Å². The van der Waals surface area contributed by atoms with E-state index in [1.807, 2.05) is 12.3 Å². The molecular weight excluding hydrogens is 236 g/mol. The molecule has 18 heavy (non-hydrogen) atoms. The van der Waals surface area contributed by atoms with Crippen LogP contribution in [0.4, 0.5) is 0 Å². The van der Waals surface area contributed by atoms with E-state index in [1.54, 1.807) is 11.1 Å². The molecule has 100 valence electrons. The average Bonchev–Trinajstić information content (AvgIpc) is 2.99. The van der Waals surface area contributed by atoms with Crippen LogP contribution in [0.1, 0.15) is 13.3 Å². The highest BCUT2D eigenvalue weighted by atomic mass is 16.7. The van der Waals surface area contributed by atoms with Crippen molar-refractivity contribution in [2.45, 2.75) is 25.6 Å². The van der Waals surface area contributed by atoms with Crippen molar-refractivity contribution in [3.63, 3.8) is 0 Å². The van der Waals surface area contributed by atoms with Gasteiger partial charge in [0, 0.05) is 25.4 Å². The van der Waals surface area contributed by atoms with Crippen LogP contribution in [-0.2, 0) is 4.84 Å². The molecule has 2 unspecified atom stereocenters. The molecule has 0 amide bonds. The van der Waals surface area contributed by atoms with Gasteiger partial charge in [-0.15, -0.1) is 0 Å². The molecule has 2 atom stereocenters. The number of nitrogens with one attached hydrogen (secondary N) is 2. The topological polar surface area (TPSA) is 79.7 Å². The molecule has 2 aliphatic heterocycles. The van der Waals surface area contributed by atoms with Crippen LogP contribution in [0.5, 0.6) is 0 Å². The minimum Gasteiger partial charge on any atom is -0.291 e. The smallest absolute Gasteiger partial charge is 0.274 e. The summed E-state index contributed by atoms with van der Waals surface area (Å²) in [6, 6.07) is 0.180. The fourth-order valence-corrected chi connectivity index (χ4v) is 2.07. The van der Waals surface area contributed by atoms with Gasteiger partial charge >= 0.3 is 0 Å². The van der Waals surface area contributed by atoms with Crippen molar-refractivity contribution in [2.75, 3.05) is 19.7 Å². The van der Waals surface area contributed by atoms with Crippen LogP contribution >= 0.6 is 0 Å². The van der Waals surface area contributed by atoms with Gasteiger partial charge in [0.05, 0.1) is 17.6 Å². The molecular formula is C11H18N4O3. The van der Waals surface area contributed by atoms with Crippen LogP contribution in [0.3, 0.4) is 0 Å². The van der Waals surface area contributed by atoms with E-state index >= 15 is 0 Å². The first-order valence-corrected chi connectivity index (χ1v) is 6.11. The fourth-order valence-electron chi connectivity index (χ4n) is 2.07. The van der Waals surface area contributed by atoms with Crippen molar-refractivity contribution in [1.82, 2.24) is 15.7 Å². The molecule has 2 N–H and O–H groups in total. The highest BCUT2D eigenvalue weighted by Crippen LogP contribution is 2.12. The molecule has 0 aromatic heterocycles. The molecule has 0 saturated carbocycles. The van der Waals surface area contributed by atoms with Gasteiger partial charge in [-0.25, -0.2) is 0 Å². The van der Waals surface area contributed by atoms with Gasteiger partial charge in [0.25, 0.3) is 5.70 Å². The summed E-state index contributed by atoms with van der Waals surface area (Å²) in [6.07, 6.45) is 5.98. The van der Waals surface area contributed by atoms with Gasteiger partial charge in [0.1, 0.15) is 0 Å². The molecule has 0 aromatic rings. The molecule has 0 radical (unpaired) electrons. The molecule has 0 spiro atoms. The van der Waals surface area contributed by atoms with Crippen LogP contribution < -0.4 is 10.6 Å². The van der Waals surface area contributed by atoms with Crippen LogP contribution in [0.25, 0.3) is 0 Å².